The summed E-state index contributed by atoms with van der Waals surface area (Å²) < 4.78 is 23.7. The zero-order valence-electron chi connectivity index (χ0n) is 16.5. The Labute approximate surface area is 173 Å². The van der Waals surface area contributed by atoms with Crippen LogP contribution in [0.25, 0.3) is 0 Å². The first-order valence-corrected chi connectivity index (χ1v) is 9.87. The number of ether oxygens (including phenoxy) is 2. The molecule has 1 aliphatic heterocycles. The zero-order valence-corrected chi connectivity index (χ0v) is 16.5. The topological polar surface area (TPSA) is 89.0 Å². The first-order chi connectivity index (χ1) is 14.4. The van der Waals surface area contributed by atoms with Gasteiger partial charge in [-0.3, -0.25) is 9.78 Å². The predicted octanol–water partition coefficient (Wildman–Crippen LogP) is 2.30. The maximum atomic E-state index is 13.1. The van der Waals surface area contributed by atoms with Gasteiger partial charge in [-0.1, -0.05) is 0 Å². The number of carbonyl (C=O) groups is 2. The number of methoxy groups -OCH3 is 1. The van der Waals surface area contributed by atoms with E-state index >= 15 is 0 Å². The van der Waals surface area contributed by atoms with Crippen molar-refractivity contribution in [3.05, 3.63) is 59.7 Å². The van der Waals surface area contributed by atoms with Gasteiger partial charge < -0.3 is 19.5 Å². The summed E-state index contributed by atoms with van der Waals surface area (Å²) in [6, 6.07) is 7.21. The Kier molecular flexibility index (Phi) is 5.67. The molecular formula is C22H23FN2O5. The molecule has 4 atom stereocenters. The highest BCUT2D eigenvalue weighted by Gasteiger charge is 2.44. The molecule has 1 aliphatic carbocycles. The second-order valence-electron chi connectivity index (χ2n) is 7.83. The third-order valence-electron chi connectivity index (χ3n) is 5.88. The maximum absolute atomic E-state index is 13.1. The van der Waals surface area contributed by atoms with Crippen LogP contribution in [0.4, 0.5) is 4.39 Å². The molecule has 0 unspecified atom stereocenters. The molecule has 2 aliphatic rings. The van der Waals surface area contributed by atoms with Crippen LogP contribution in [0, 0.1) is 17.7 Å². The monoisotopic (exact) mass is 414 g/mol. The van der Waals surface area contributed by atoms with E-state index in [1.165, 1.54) is 37.7 Å². The number of pyridine rings is 1. The van der Waals surface area contributed by atoms with E-state index in [-0.39, 0.29) is 29.1 Å². The first kappa shape index (κ1) is 20.3. The molecule has 30 heavy (non-hydrogen) atoms. The smallest absolute Gasteiger partial charge is 0.339 e. The van der Waals surface area contributed by atoms with Gasteiger partial charge in [0.1, 0.15) is 17.7 Å². The van der Waals surface area contributed by atoms with Crippen LogP contribution in [0.2, 0.25) is 0 Å². The van der Waals surface area contributed by atoms with Gasteiger partial charge in [-0.2, -0.15) is 0 Å². The number of hydrogen-bond acceptors (Lipinski definition) is 6. The lowest BCUT2D eigenvalue weighted by Crippen LogP contribution is -2.42. The molecule has 2 aromatic rings. The number of hydrogen-bond donors (Lipinski definition) is 1. The fourth-order valence-corrected chi connectivity index (χ4v) is 4.34. The van der Waals surface area contributed by atoms with E-state index in [0.717, 1.165) is 0 Å². The summed E-state index contributed by atoms with van der Waals surface area (Å²) >= 11 is 0. The van der Waals surface area contributed by atoms with Crippen LogP contribution in [0.3, 0.4) is 0 Å². The molecule has 2 fully saturated rings. The molecule has 1 amide bonds. The number of rotatable bonds is 4. The summed E-state index contributed by atoms with van der Waals surface area (Å²) in [4.78, 5) is 30.4. The summed E-state index contributed by atoms with van der Waals surface area (Å²) in [6.45, 7) is 1.08. The van der Waals surface area contributed by atoms with Crippen molar-refractivity contribution < 1.29 is 28.6 Å². The highest BCUT2D eigenvalue weighted by molar-refractivity contribution is 5.97. The summed E-state index contributed by atoms with van der Waals surface area (Å²) in [5, 5.41) is 10.5. The molecular weight excluding hydrogens is 391 g/mol. The second-order valence-corrected chi connectivity index (χ2v) is 7.83. The van der Waals surface area contributed by atoms with Gasteiger partial charge in [0.15, 0.2) is 0 Å². The van der Waals surface area contributed by atoms with Crippen molar-refractivity contribution >= 4 is 11.9 Å². The van der Waals surface area contributed by atoms with E-state index in [1.807, 2.05) is 0 Å². The van der Waals surface area contributed by atoms with Crippen molar-refractivity contribution in [3.63, 3.8) is 0 Å². The number of nitrogens with zero attached hydrogens (tertiary/aromatic N) is 2. The quantitative estimate of drug-likeness (QED) is 0.773. The van der Waals surface area contributed by atoms with Crippen LogP contribution >= 0.6 is 0 Å². The molecule has 2 heterocycles. The average Bonchev–Trinajstić information content (AvgIpc) is 3.17. The molecule has 1 aromatic heterocycles. The Morgan fingerprint density at radius 2 is 1.77 bits per heavy atom. The first-order valence-electron chi connectivity index (χ1n) is 9.87. The van der Waals surface area contributed by atoms with Crippen LogP contribution in [-0.2, 0) is 4.74 Å². The highest BCUT2D eigenvalue weighted by Crippen LogP contribution is 2.38. The molecule has 0 bridgehead atoms. The molecule has 0 radical (unpaired) electrons. The zero-order chi connectivity index (χ0) is 21.3. The number of carbonyl (C=O) groups excluding carboxylic acids is 2. The normalized spacial score (nSPS) is 25.5. The number of halogens is 1. The van der Waals surface area contributed by atoms with Crippen LogP contribution in [0.15, 0.2) is 42.7 Å². The Hall–Kier alpha value is -3.00. The third kappa shape index (κ3) is 4.14. The molecule has 8 heteroatoms. The van der Waals surface area contributed by atoms with Crippen LogP contribution < -0.4 is 4.74 Å². The summed E-state index contributed by atoms with van der Waals surface area (Å²) in [6.07, 6.45) is 2.87. The number of aliphatic hydroxyl groups excluding tert-OH is 1. The van der Waals surface area contributed by atoms with E-state index in [4.69, 9.17) is 4.74 Å². The van der Waals surface area contributed by atoms with E-state index in [2.05, 4.69) is 9.72 Å². The summed E-state index contributed by atoms with van der Waals surface area (Å²) in [5.74, 6) is -0.213. The molecule has 1 aromatic carbocycles. The molecule has 158 valence electrons. The van der Waals surface area contributed by atoms with E-state index in [9.17, 15) is 19.1 Å². The minimum atomic E-state index is -0.657. The Morgan fingerprint density at radius 1 is 1.10 bits per heavy atom. The minimum absolute atomic E-state index is 0.175. The van der Waals surface area contributed by atoms with Crippen LogP contribution in [0.5, 0.6) is 5.75 Å². The van der Waals surface area contributed by atoms with Gasteiger partial charge in [-0.15, -0.1) is 0 Å². The lowest BCUT2D eigenvalue weighted by molar-refractivity contribution is -0.0231. The van der Waals surface area contributed by atoms with Crippen molar-refractivity contribution in [2.75, 3.05) is 20.2 Å². The number of aliphatic hydroxyl groups is 1. The van der Waals surface area contributed by atoms with Gasteiger partial charge >= 0.3 is 5.97 Å². The Morgan fingerprint density at radius 3 is 2.47 bits per heavy atom. The molecule has 1 saturated carbocycles. The number of aromatic nitrogens is 1. The number of amides is 1. The van der Waals surface area contributed by atoms with E-state index in [1.54, 1.807) is 17.0 Å². The fourth-order valence-electron chi connectivity index (χ4n) is 4.34. The second kappa shape index (κ2) is 8.39. The molecule has 0 spiro atoms. The minimum Gasteiger partial charge on any atom is -0.488 e. The average molecular weight is 414 g/mol. The van der Waals surface area contributed by atoms with Gasteiger partial charge in [-0.05, 0) is 55.0 Å². The highest BCUT2D eigenvalue weighted by atomic mass is 19.1. The molecule has 1 saturated heterocycles. The summed E-state index contributed by atoms with van der Waals surface area (Å²) in [5.41, 5.74) is 0.555. The van der Waals surface area contributed by atoms with Crippen molar-refractivity contribution in [2.45, 2.75) is 25.0 Å². The number of likely N-dealkylation sites (tertiary alicyclic amines) is 1. The standard InChI is InChI=1S/C22H23FN2O5/c1-29-22(28)14-6-13(9-24-10-14)21(27)25-11-15-7-19(26)20(8-16(15)12-25)30-18-4-2-17(23)3-5-18/h2-6,9-10,15-16,19-20,26H,7-8,11-12H2,1H3/t15-,16+,19+,20+/m0/s1. The van der Waals surface area contributed by atoms with Crippen LogP contribution in [-0.4, -0.2) is 59.3 Å². The molecule has 4 rings (SSSR count). The predicted molar refractivity (Wildman–Crippen MR) is 105 cm³/mol. The fraction of sp³-hybridized carbons (Fsp3) is 0.409. The van der Waals surface area contributed by atoms with Gasteiger partial charge in [0, 0.05) is 25.5 Å². The van der Waals surface area contributed by atoms with Crippen molar-refractivity contribution in [1.29, 1.82) is 0 Å². The van der Waals surface area contributed by atoms with Gasteiger partial charge in [-0.25, -0.2) is 9.18 Å². The maximum Gasteiger partial charge on any atom is 0.339 e. The van der Waals surface area contributed by atoms with Gasteiger partial charge in [0.2, 0.25) is 0 Å². The van der Waals surface area contributed by atoms with Crippen molar-refractivity contribution in [3.8, 4) is 5.75 Å². The van der Waals surface area contributed by atoms with E-state index in [0.29, 0.717) is 37.2 Å². The Bertz CT molecular complexity index is 935. The van der Waals surface area contributed by atoms with Crippen LogP contribution in [0.1, 0.15) is 33.6 Å². The summed E-state index contributed by atoms with van der Waals surface area (Å²) in [7, 11) is 1.28. The number of benzene rings is 1. The van der Waals surface area contributed by atoms with Gasteiger partial charge in [0.05, 0.1) is 24.3 Å². The number of fused-ring (bicyclic) bond motifs is 1. The third-order valence-corrected chi connectivity index (χ3v) is 5.88. The van der Waals surface area contributed by atoms with E-state index < -0.39 is 18.2 Å². The SMILES string of the molecule is COC(=O)c1cncc(C(=O)N2C[C@H]3C[C@@H](Oc4ccc(F)cc4)[C@H](O)C[C@H]3C2)c1. The largest absolute Gasteiger partial charge is 0.488 e. The van der Waals surface area contributed by atoms with Crippen molar-refractivity contribution in [2.24, 2.45) is 11.8 Å². The lowest BCUT2D eigenvalue weighted by Gasteiger charge is -2.35. The lowest BCUT2D eigenvalue weighted by atomic mass is 9.78. The van der Waals surface area contributed by atoms with Gasteiger partial charge in [0.25, 0.3) is 5.91 Å². The van der Waals surface area contributed by atoms with Crippen molar-refractivity contribution in [1.82, 2.24) is 9.88 Å². The molecule has 7 nitrogen and oxygen atoms in total. The Balaban J connectivity index is 1.42. The molecule has 1 N–H and O–H groups in total. The number of esters is 1.